The van der Waals surface area contributed by atoms with E-state index in [-0.39, 0.29) is 29.6 Å². The van der Waals surface area contributed by atoms with Crippen LogP contribution in [0.4, 0.5) is 8.78 Å². The molecule has 3 atom stereocenters. The summed E-state index contributed by atoms with van der Waals surface area (Å²) in [6.07, 6.45) is 1.67. The van der Waals surface area contributed by atoms with E-state index in [0.29, 0.717) is 6.42 Å². The average Bonchev–Trinajstić information content (AvgIpc) is 2.60. The highest BCUT2D eigenvalue weighted by atomic mass is 19.3. The third kappa shape index (κ3) is 4.04. The first-order valence-electron chi connectivity index (χ1n) is 8.59. The second-order valence-corrected chi connectivity index (χ2v) is 6.81. The third-order valence-electron chi connectivity index (χ3n) is 4.65. The number of hydrogen-bond donors (Lipinski definition) is 2. The van der Waals surface area contributed by atoms with Gasteiger partial charge in [0.05, 0.1) is 23.6 Å². The largest absolute Gasteiger partial charge is 0.341 e. The van der Waals surface area contributed by atoms with Crippen molar-refractivity contribution in [2.75, 3.05) is 0 Å². The summed E-state index contributed by atoms with van der Waals surface area (Å²) in [5, 5.41) is 6.09. The fourth-order valence-electron chi connectivity index (χ4n) is 3.13. The minimum atomic E-state index is -2.85. The van der Waals surface area contributed by atoms with Gasteiger partial charge in [-0.25, -0.2) is 18.7 Å². The highest BCUT2D eigenvalue weighted by Gasteiger charge is 2.26. The minimum Gasteiger partial charge on any atom is -0.341 e. The molecule has 0 aliphatic carbocycles. The smallest absolute Gasteiger partial charge is 0.270 e. The Hall–Kier alpha value is -2.41. The number of carbonyl (C=O) groups excluding carboxylic acids is 1. The lowest BCUT2D eigenvalue weighted by molar-refractivity contribution is -0.124. The van der Waals surface area contributed by atoms with Gasteiger partial charge in [-0.15, -0.1) is 0 Å². The lowest BCUT2D eigenvalue weighted by atomic mass is 9.94. The molecule has 2 aromatic rings. The average molecular weight is 360 g/mol. The van der Waals surface area contributed by atoms with Crippen LogP contribution in [0.5, 0.6) is 0 Å². The molecule has 1 aliphatic heterocycles. The van der Waals surface area contributed by atoms with Gasteiger partial charge in [0.1, 0.15) is 6.33 Å². The van der Waals surface area contributed by atoms with Crippen molar-refractivity contribution < 1.29 is 13.6 Å². The first-order chi connectivity index (χ1) is 12.2. The maximum Gasteiger partial charge on any atom is 0.270 e. The van der Waals surface area contributed by atoms with E-state index in [2.05, 4.69) is 20.6 Å². The van der Waals surface area contributed by atoms with Crippen LogP contribution in [-0.4, -0.2) is 22.0 Å². The van der Waals surface area contributed by atoms with Gasteiger partial charge in [0.15, 0.2) is 0 Å². The highest BCUT2D eigenvalue weighted by molar-refractivity contribution is 5.77. The van der Waals surface area contributed by atoms with Gasteiger partial charge in [-0.2, -0.15) is 0 Å². The van der Waals surface area contributed by atoms with Crippen LogP contribution in [-0.2, 0) is 10.7 Å². The van der Waals surface area contributed by atoms with Crippen LogP contribution in [0.3, 0.4) is 0 Å². The summed E-state index contributed by atoms with van der Waals surface area (Å²) in [5.74, 6) is -2.95. The molecule has 1 fully saturated rings. The Bertz CT molecular complexity index is 789. The molecule has 1 saturated heterocycles. The van der Waals surface area contributed by atoms with Gasteiger partial charge >= 0.3 is 0 Å². The Kier molecular flexibility index (Phi) is 5.00. The van der Waals surface area contributed by atoms with Crippen molar-refractivity contribution >= 4 is 5.91 Å². The molecule has 7 heteroatoms. The number of halogens is 2. The van der Waals surface area contributed by atoms with Crippen molar-refractivity contribution in [2.24, 2.45) is 0 Å². The van der Waals surface area contributed by atoms with E-state index in [1.165, 1.54) is 18.5 Å². The number of aromatic nitrogens is 2. The van der Waals surface area contributed by atoms with E-state index in [0.717, 1.165) is 23.9 Å². The zero-order valence-electron chi connectivity index (χ0n) is 15.0. The van der Waals surface area contributed by atoms with Crippen LogP contribution < -0.4 is 10.6 Å². The van der Waals surface area contributed by atoms with Crippen LogP contribution in [0.25, 0.3) is 0 Å². The number of alkyl halides is 2. The van der Waals surface area contributed by atoms with Gasteiger partial charge in [-0.1, -0.05) is 31.2 Å². The van der Waals surface area contributed by atoms with E-state index < -0.39 is 5.92 Å². The van der Waals surface area contributed by atoms with Gasteiger partial charge in [0.25, 0.3) is 5.92 Å². The Morgan fingerprint density at radius 2 is 1.92 bits per heavy atom. The summed E-state index contributed by atoms with van der Waals surface area (Å²) >= 11 is 0. The Labute approximate surface area is 151 Å². The molecule has 1 aromatic heterocycles. The summed E-state index contributed by atoms with van der Waals surface area (Å²) in [7, 11) is 0. The van der Waals surface area contributed by atoms with Crippen LogP contribution >= 0.6 is 0 Å². The van der Waals surface area contributed by atoms with Crippen LogP contribution in [0.2, 0.25) is 0 Å². The number of amides is 1. The predicted molar refractivity (Wildman–Crippen MR) is 93.7 cm³/mol. The minimum absolute atomic E-state index is 0.0109. The number of nitrogens with one attached hydrogen (secondary N) is 2. The van der Waals surface area contributed by atoms with Crippen molar-refractivity contribution in [3.05, 3.63) is 59.2 Å². The molecule has 0 radical (unpaired) electrons. The fourth-order valence-corrected chi connectivity index (χ4v) is 3.13. The maximum absolute atomic E-state index is 13.4. The monoisotopic (exact) mass is 360 g/mol. The second kappa shape index (κ2) is 7.07. The molecule has 2 N–H and O–H groups in total. The zero-order valence-corrected chi connectivity index (χ0v) is 15.0. The van der Waals surface area contributed by atoms with Gasteiger partial charge in [0, 0.05) is 24.8 Å². The topological polar surface area (TPSA) is 66.9 Å². The number of carbonyl (C=O) groups is 1. The first kappa shape index (κ1) is 18.4. The van der Waals surface area contributed by atoms with Crippen molar-refractivity contribution in [3.63, 3.8) is 0 Å². The van der Waals surface area contributed by atoms with Gasteiger partial charge in [0.2, 0.25) is 5.91 Å². The molecule has 0 bridgehead atoms. The first-order valence-corrected chi connectivity index (χ1v) is 8.59. The SMILES string of the molecule is CC1NC(=O)CC(c2cc(C(C)c3ccc(C(C)(F)F)cc3)ncn2)N1. The predicted octanol–water partition coefficient (Wildman–Crippen LogP) is 3.24. The molecule has 26 heavy (non-hydrogen) atoms. The normalized spacial score (nSPS) is 22.0. The molecule has 138 valence electrons. The van der Waals surface area contributed by atoms with E-state index >= 15 is 0 Å². The maximum atomic E-state index is 13.4. The molecule has 1 amide bonds. The number of benzene rings is 1. The van der Waals surface area contributed by atoms with Crippen molar-refractivity contribution in [1.82, 2.24) is 20.6 Å². The lowest BCUT2D eigenvalue weighted by Gasteiger charge is -2.29. The van der Waals surface area contributed by atoms with Crippen LogP contribution in [0.1, 0.15) is 61.7 Å². The van der Waals surface area contributed by atoms with Gasteiger partial charge < -0.3 is 5.32 Å². The summed E-state index contributed by atoms with van der Waals surface area (Å²) in [6, 6.07) is 8.00. The molecular formula is C19H22F2N4O. The molecule has 0 saturated carbocycles. The Balaban J connectivity index is 1.82. The number of nitrogens with zero attached hydrogens (tertiary/aromatic N) is 2. The number of hydrogen-bond acceptors (Lipinski definition) is 4. The fraction of sp³-hybridized carbons (Fsp3) is 0.421. The standard InChI is InChI=1S/C19H22F2N4O/c1-11(13-4-6-14(7-5-13)19(3,20)21)15-8-16(23-10-22-15)17-9-18(26)25-12(2)24-17/h4-8,10-12,17,24H,9H2,1-3H3,(H,25,26). The summed E-state index contributed by atoms with van der Waals surface area (Å²) in [5.41, 5.74) is 2.42. The molecule has 2 heterocycles. The van der Waals surface area contributed by atoms with E-state index in [1.807, 2.05) is 19.9 Å². The molecule has 1 aromatic carbocycles. The lowest BCUT2D eigenvalue weighted by Crippen LogP contribution is -2.51. The molecule has 5 nitrogen and oxygen atoms in total. The summed E-state index contributed by atoms with van der Waals surface area (Å²) in [6.45, 7) is 4.73. The van der Waals surface area contributed by atoms with Crippen molar-refractivity contribution in [2.45, 2.75) is 51.2 Å². The van der Waals surface area contributed by atoms with Gasteiger partial charge in [-0.3, -0.25) is 10.1 Å². The van der Waals surface area contributed by atoms with Crippen molar-refractivity contribution in [3.8, 4) is 0 Å². The summed E-state index contributed by atoms with van der Waals surface area (Å²) < 4.78 is 26.7. The van der Waals surface area contributed by atoms with E-state index in [9.17, 15) is 13.6 Å². The van der Waals surface area contributed by atoms with Crippen LogP contribution in [0, 0.1) is 0 Å². The van der Waals surface area contributed by atoms with Crippen LogP contribution in [0.15, 0.2) is 36.7 Å². The molecular weight excluding hydrogens is 338 g/mol. The molecule has 3 unspecified atom stereocenters. The quantitative estimate of drug-likeness (QED) is 0.878. The Morgan fingerprint density at radius 1 is 1.23 bits per heavy atom. The van der Waals surface area contributed by atoms with Crippen molar-refractivity contribution in [1.29, 1.82) is 0 Å². The van der Waals surface area contributed by atoms with Gasteiger partial charge in [-0.05, 0) is 18.6 Å². The van der Waals surface area contributed by atoms with E-state index in [1.54, 1.807) is 12.1 Å². The zero-order chi connectivity index (χ0) is 18.9. The molecule has 0 spiro atoms. The van der Waals surface area contributed by atoms with E-state index in [4.69, 9.17) is 0 Å². The Morgan fingerprint density at radius 3 is 2.54 bits per heavy atom. The number of rotatable bonds is 4. The second-order valence-electron chi connectivity index (χ2n) is 6.81. The highest BCUT2D eigenvalue weighted by Crippen LogP contribution is 2.30. The molecule has 3 rings (SSSR count). The summed E-state index contributed by atoms with van der Waals surface area (Å²) in [4.78, 5) is 20.4. The molecule has 1 aliphatic rings. The third-order valence-corrected chi connectivity index (χ3v) is 4.65.